The zero-order valence-electron chi connectivity index (χ0n) is 14.9. The number of carbonyl (C=O) groups excluding carboxylic acids is 1. The summed E-state index contributed by atoms with van der Waals surface area (Å²) in [7, 11) is 0. The number of rotatable bonds is 4. The van der Waals surface area contributed by atoms with E-state index in [4.69, 9.17) is 4.52 Å². The van der Waals surface area contributed by atoms with Gasteiger partial charge in [-0.25, -0.2) is 9.97 Å². The van der Waals surface area contributed by atoms with E-state index in [9.17, 15) is 4.79 Å². The van der Waals surface area contributed by atoms with E-state index in [2.05, 4.69) is 30.3 Å². The number of aromatic nitrogens is 4. The van der Waals surface area contributed by atoms with Crippen molar-refractivity contribution in [1.29, 1.82) is 0 Å². The third-order valence-corrected chi connectivity index (χ3v) is 4.28. The first kappa shape index (κ1) is 17.0. The number of carbonyl (C=O) groups is 1. The van der Waals surface area contributed by atoms with Crippen molar-refractivity contribution in [2.24, 2.45) is 0 Å². The summed E-state index contributed by atoms with van der Waals surface area (Å²) in [5, 5.41) is 7.00. The molecular formula is C18H19N7O2. The quantitative estimate of drug-likeness (QED) is 0.748. The Morgan fingerprint density at radius 2 is 1.85 bits per heavy atom. The number of anilines is 3. The van der Waals surface area contributed by atoms with Crippen molar-refractivity contribution in [2.45, 2.75) is 6.92 Å². The first-order valence-electron chi connectivity index (χ1n) is 8.67. The number of piperazine rings is 1. The van der Waals surface area contributed by atoms with Crippen LogP contribution in [-0.4, -0.2) is 57.1 Å². The van der Waals surface area contributed by atoms with E-state index in [-0.39, 0.29) is 5.91 Å². The molecule has 9 heteroatoms. The van der Waals surface area contributed by atoms with Crippen LogP contribution in [0.3, 0.4) is 0 Å². The predicted octanol–water partition coefficient (Wildman–Crippen LogP) is 1.87. The van der Waals surface area contributed by atoms with Gasteiger partial charge < -0.3 is 19.6 Å². The van der Waals surface area contributed by atoms with E-state index in [1.54, 1.807) is 47.8 Å². The molecule has 4 heterocycles. The second-order valence-electron chi connectivity index (χ2n) is 6.21. The van der Waals surface area contributed by atoms with Crippen molar-refractivity contribution in [3.05, 3.63) is 54.3 Å². The van der Waals surface area contributed by atoms with Crippen molar-refractivity contribution in [3.8, 4) is 0 Å². The minimum absolute atomic E-state index is 0.0939. The molecule has 0 aliphatic carbocycles. The number of aryl methyl sites for hydroxylation is 1. The fraction of sp³-hybridized carbons (Fsp3) is 0.278. The Labute approximate surface area is 156 Å². The lowest BCUT2D eigenvalue weighted by molar-refractivity contribution is 0.0740. The summed E-state index contributed by atoms with van der Waals surface area (Å²) < 4.78 is 5.04. The summed E-state index contributed by atoms with van der Waals surface area (Å²) in [5.74, 6) is 1.90. The van der Waals surface area contributed by atoms with Crippen LogP contribution in [0.5, 0.6) is 0 Å². The van der Waals surface area contributed by atoms with Gasteiger partial charge in [-0.2, -0.15) is 0 Å². The molecule has 3 aromatic heterocycles. The zero-order chi connectivity index (χ0) is 18.6. The van der Waals surface area contributed by atoms with Gasteiger partial charge in [-0.15, -0.1) is 0 Å². The largest absolute Gasteiger partial charge is 0.360 e. The van der Waals surface area contributed by atoms with E-state index in [0.717, 1.165) is 5.69 Å². The van der Waals surface area contributed by atoms with Gasteiger partial charge in [-0.1, -0.05) is 5.16 Å². The molecule has 1 aliphatic heterocycles. The number of amides is 1. The number of hydrogen-bond donors (Lipinski definition) is 1. The number of nitrogens with one attached hydrogen (secondary N) is 1. The Bertz CT molecular complexity index is 920. The average Bonchev–Trinajstić information content (AvgIpc) is 3.13. The summed E-state index contributed by atoms with van der Waals surface area (Å²) in [4.78, 5) is 29.4. The van der Waals surface area contributed by atoms with Gasteiger partial charge in [-0.3, -0.25) is 9.78 Å². The van der Waals surface area contributed by atoms with Crippen molar-refractivity contribution in [2.75, 3.05) is 36.4 Å². The maximum Gasteiger partial charge on any atom is 0.272 e. The molecule has 4 rings (SSSR count). The van der Waals surface area contributed by atoms with Gasteiger partial charge in [0.2, 0.25) is 5.95 Å². The lowest BCUT2D eigenvalue weighted by atomic mass is 10.2. The minimum Gasteiger partial charge on any atom is -0.360 e. The molecule has 0 saturated carbocycles. The SMILES string of the molecule is Cc1cc(Nc2ccnc(C(=O)N3CCN(c4ncccn4)CC3)c2)no1. The molecular weight excluding hydrogens is 346 g/mol. The van der Waals surface area contributed by atoms with E-state index in [0.29, 0.717) is 49.4 Å². The molecule has 0 spiro atoms. The molecule has 1 aliphatic rings. The van der Waals surface area contributed by atoms with Crippen LogP contribution >= 0.6 is 0 Å². The Hall–Kier alpha value is -3.49. The van der Waals surface area contributed by atoms with E-state index < -0.39 is 0 Å². The van der Waals surface area contributed by atoms with Gasteiger partial charge in [0, 0.05) is 56.5 Å². The summed E-state index contributed by atoms with van der Waals surface area (Å²) in [6.07, 6.45) is 5.05. The maximum atomic E-state index is 12.8. The van der Waals surface area contributed by atoms with Crippen LogP contribution in [0.4, 0.5) is 17.5 Å². The Balaban J connectivity index is 1.40. The smallest absolute Gasteiger partial charge is 0.272 e. The molecule has 0 atom stereocenters. The first-order valence-corrected chi connectivity index (χ1v) is 8.67. The molecule has 0 radical (unpaired) electrons. The van der Waals surface area contributed by atoms with Crippen LogP contribution in [0.15, 0.2) is 47.4 Å². The van der Waals surface area contributed by atoms with Crippen LogP contribution in [0, 0.1) is 6.92 Å². The summed E-state index contributed by atoms with van der Waals surface area (Å²) in [5.41, 5.74) is 1.13. The third-order valence-electron chi connectivity index (χ3n) is 4.28. The van der Waals surface area contributed by atoms with Gasteiger partial charge in [0.25, 0.3) is 5.91 Å². The standard InChI is InChI=1S/C18H19N7O2/c1-13-11-16(23-27-13)22-14-3-6-19-15(12-14)17(26)24-7-9-25(10-8-24)18-20-4-2-5-21-18/h2-6,11-12H,7-10H2,1H3,(H,19,22,23). The molecule has 1 N–H and O–H groups in total. The lowest BCUT2D eigenvalue weighted by Gasteiger charge is -2.34. The van der Waals surface area contributed by atoms with E-state index in [1.807, 2.05) is 6.92 Å². The molecule has 1 fully saturated rings. The Morgan fingerprint density at radius 3 is 2.56 bits per heavy atom. The molecule has 1 saturated heterocycles. The van der Waals surface area contributed by atoms with Gasteiger partial charge in [-0.05, 0) is 25.1 Å². The fourth-order valence-corrected chi connectivity index (χ4v) is 2.92. The molecule has 27 heavy (non-hydrogen) atoms. The molecule has 0 bridgehead atoms. The highest BCUT2D eigenvalue weighted by Crippen LogP contribution is 2.18. The van der Waals surface area contributed by atoms with Crippen molar-refractivity contribution >= 4 is 23.4 Å². The fourth-order valence-electron chi connectivity index (χ4n) is 2.92. The van der Waals surface area contributed by atoms with E-state index >= 15 is 0 Å². The van der Waals surface area contributed by atoms with Gasteiger partial charge in [0.15, 0.2) is 5.82 Å². The third kappa shape index (κ3) is 3.86. The van der Waals surface area contributed by atoms with Gasteiger partial charge in [0.05, 0.1) is 0 Å². The Morgan fingerprint density at radius 1 is 1.07 bits per heavy atom. The van der Waals surface area contributed by atoms with Crippen LogP contribution in [-0.2, 0) is 0 Å². The Kier molecular flexibility index (Phi) is 4.65. The summed E-state index contributed by atoms with van der Waals surface area (Å²) >= 11 is 0. The average molecular weight is 365 g/mol. The van der Waals surface area contributed by atoms with Crippen LogP contribution in [0.1, 0.15) is 16.2 Å². The second kappa shape index (κ2) is 7.40. The van der Waals surface area contributed by atoms with Crippen molar-refractivity contribution in [3.63, 3.8) is 0 Å². The monoisotopic (exact) mass is 365 g/mol. The highest BCUT2D eigenvalue weighted by molar-refractivity contribution is 5.93. The van der Waals surface area contributed by atoms with Crippen molar-refractivity contribution < 1.29 is 9.32 Å². The van der Waals surface area contributed by atoms with Crippen LogP contribution in [0.25, 0.3) is 0 Å². The molecule has 0 aromatic carbocycles. The molecule has 9 nitrogen and oxygen atoms in total. The number of hydrogen-bond acceptors (Lipinski definition) is 8. The number of nitrogens with zero attached hydrogens (tertiary/aromatic N) is 6. The molecule has 3 aromatic rings. The lowest BCUT2D eigenvalue weighted by Crippen LogP contribution is -2.49. The van der Waals surface area contributed by atoms with Gasteiger partial charge >= 0.3 is 0 Å². The summed E-state index contributed by atoms with van der Waals surface area (Å²) in [6, 6.07) is 7.08. The van der Waals surface area contributed by atoms with Gasteiger partial charge in [0.1, 0.15) is 11.5 Å². The predicted molar refractivity (Wildman–Crippen MR) is 98.9 cm³/mol. The highest BCUT2D eigenvalue weighted by atomic mass is 16.5. The maximum absolute atomic E-state index is 12.8. The molecule has 0 unspecified atom stereocenters. The van der Waals surface area contributed by atoms with Crippen molar-refractivity contribution in [1.82, 2.24) is 25.0 Å². The number of pyridine rings is 1. The van der Waals surface area contributed by atoms with Crippen LogP contribution < -0.4 is 10.2 Å². The first-order chi connectivity index (χ1) is 13.2. The zero-order valence-corrected chi connectivity index (χ0v) is 14.9. The van der Waals surface area contributed by atoms with E-state index in [1.165, 1.54) is 0 Å². The second-order valence-corrected chi connectivity index (χ2v) is 6.21. The molecule has 1 amide bonds. The minimum atomic E-state index is -0.0939. The summed E-state index contributed by atoms with van der Waals surface area (Å²) in [6.45, 7) is 4.38. The highest BCUT2D eigenvalue weighted by Gasteiger charge is 2.24. The molecule has 138 valence electrons. The normalized spacial score (nSPS) is 14.3. The van der Waals surface area contributed by atoms with Crippen LogP contribution in [0.2, 0.25) is 0 Å². The topological polar surface area (TPSA) is 100 Å².